The summed E-state index contributed by atoms with van der Waals surface area (Å²) in [4.78, 5) is 36.6. The number of benzene rings is 2. The van der Waals surface area contributed by atoms with Crippen LogP contribution in [0.2, 0.25) is 0 Å². The summed E-state index contributed by atoms with van der Waals surface area (Å²) in [5, 5.41) is 28.9. The third kappa shape index (κ3) is 7.67. The average Bonchev–Trinajstić information content (AvgIpc) is 3.40. The number of hydrogen-bond donors (Lipinski definition) is 4. The predicted octanol–water partition coefficient (Wildman–Crippen LogP) is 4.43. The van der Waals surface area contributed by atoms with Crippen molar-refractivity contribution < 1.29 is 24.6 Å². The number of aliphatic hydroxyl groups is 2. The first-order valence-corrected chi connectivity index (χ1v) is 17.2. The molecule has 47 heavy (non-hydrogen) atoms. The molecule has 4 fully saturated rings. The van der Waals surface area contributed by atoms with Crippen molar-refractivity contribution in [2.75, 3.05) is 46.2 Å². The Morgan fingerprint density at radius 2 is 1.79 bits per heavy atom. The van der Waals surface area contributed by atoms with Crippen molar-refractivity contribution >= 4 is 17.6 Å². The molecule has 6 rings (SSSR count). The molecule has 3 aliphatic carbocycles. The van der Waals surface area contributed by atoms with Crippen LogP contribution in [0.15, 0.2) is 48.5 Å². The minimum Gasteiger partial charge on any atom is -0.394 e. The zero-order chi connectivity index (χ0) is 34.0. The lowest BCUT2D eigenvalue weighted by Gasteiger charge is -2.62. The van der Waals surface area contributed by atoms with Gasteiger partial charge in [0.15, 0.2) is 0 Å². The Hall–Kier alpha value is -3.02. The molecule has 0 aromatic heterocycles. The van der Waals surface area contributed by atoms with Crippen molar-refractivity contribution in [3.05, 3.63) is 54.1 Å². The van der Waals surface area contributed by atoms with Gasteiger partial charge in [-0.2, -0.15) is 5.06 Å². The number of aliphatic hydroxyl groups excluding tert-OH is 2. The highest BCUT2D eigenvalue weighted by molar-refractivity contribution is 5.89. The second-order valence-corrected chi connectivity index (χ2v) is 15.0. The summed E-state index contributed by atoms with van der Waals surface area (Å²) in [6.07, 6.45) is 1.57. The van der Waals surface area contributed by atoms with E-state index in [4.69, 9.17) is 4.84 Å². The maximum absolute atomic E-state index is 14.0. The Bertz CT molecular complexity index is 1380. The van der Waals surface area contributed by atoms with Gasteiger partial charge in [0, 0.05) is 31.2 Å². The van der Waals surface area contributed by atoms with E-state index in [0.717, 1.165) is 41.8 Å². The minimum absolute atomic E-state index is 0.0866. The number of anilines is 1. The first-order valence-electron chi connectivity index (χ1n) is 17.2. The van der Waals surface area contributed by atoms with Crippen molar-refractivity contribution in [3.63, 3.8) is 0 Å². The molecule has 2 bridgehead atoms. The monoisotopic (exact) mass is 649 g/mol. The van der Waals surface area contributed by atoms with Gasteiger partial charge in [-0.05, 0) is 105 Å². The number of fused-ring (bicyclic) bond motifs is 2. The van der Waals surface area contributed by atoms with Crippen LogP contribution >= 0.6 is 0 Å². The Morgan fingerprint density at radius 1 is 1.06 bits per heavy atom. The molecule has 2 aromatic rings. The molecule has 2 aromatic carbocycles. The first-order chi connectivity index (χ1) is 22.3. The van der Waals surface area contributed by atoms with E-state index in [1.165, 1.54) is 6.42 Å². The summed E-state index contributed by atoms with van der Waals surface area (Å²) in [5.41, 5.74) is 3.96. The van der Waals surface area contributed by atoms with Crippen LogP contribution in [-0.2, 0) is 16.2 Å². The Morgan fingerprint density at radius 3 is 2.40 bits per heavy atom. The second-order valence-electron chi connectivity index (χ2n) is 15.0. The van der Waals surface area contributed by atoms with Crippen LogP contribution in [-0.4, -0.2) is 102 Å². The van der Waals surface area contributed by atoms with Crippen LogP contribution in [0, 0.1) is 29.1 Å². The van der Waals surface area contributed by atoms with Gasteiger partial charge in [-0.3, -0.25) is 9.63 Å². The molecule has 4 aliphatic rings. The third-order valence-electron chi connectivity index (χ3n) is 11.2. The summed E-state index contributed by atoms with van der Waals surface area (Å²) < 4.78 is 0. The number of urea groups is 1. The zero-order valence-electron chi connectivity index (χ0n) is 29.1. The second kappa shape index (κ2) is 14.6. The lowest BCUT2D eigenvalue weighted by atomic mass is 9.45. The van der Waals surface area contributed by atoms with E-state index in [1.54, 1.807) is 23.9 Å². The number of hydroxylamine groups is 2. The van der Waals surface area contributed by atoms with E-state index in [1.807, 2.05) is 56.6 Å². The standard InChI is InChI=1S/C37H55N5O5/c1-23-30-19-28(37(30,3)4)20-31(23)39-35(45)34-33(24(2)44)32(22-43)47-42(34)21-25-10-8-11-27(18-25)26-12-14-29(15-13-26)38-36(46)41(7)17-9-16-40(5)6/h8,10-15,18,23-24,28,30-34,43-44H,9,16-17,19-22H2,1-7H3,(H,38,46)(H,39,45)/t23?,24-,28-,30+,31-,32-,33+,34?/m0/s1. The molecule has 3 amide bonds. The van der Waals surface area contributed by atoms with E-state index < -0.39 is 24.2 Å². The molecule has 1 aliphatic heterocycles. The number of rotatable bonds is 12. The van der Waals surface area contributed by atoms with Crippen molar-refractivity contribution in [1.82, 2.24) is 20.2 Å². The molecule has 1 heterocycles. The van der Waals surface area contributed by atoms with Crippen LogP contribution in [0.4, 0.5) is 10.5 Å². The summed E-state index contributed by atoms with van der Waals surface area (Å²) in [6.45, 7) is 10.2. The molecule has 0 spiro atoms. The lowest BCUT2D eigenvalue weighted by molar-refractivity contribution is -0.183. The maximum atomic E-state index is 14.0. The van der Waals surface area contributed by atoms with Gasteiger partial charge in [0.05, 0.1) is 19.3 Å². The number of amides is 3. The highest BCUT2D eigenvalue weighted by Crippen LogP contribution is 2.61. The van der Waals surface area contributed by atoms with E-state index >= 15 is 0 Å². The first kappa shape index (κ1) is 35.3. The van der Waals surface area contributed by atoms with Gasteiger partial charge in [-0.15, -0.1) is 0 Å². The molecule has 0 radical (unpaired) electrons. The fourth-order valence-corrected chi connectivity index (χ4v) is 8.20. The van der Waals surface area contributed by atoms with Crippen molar-refractivity contribution in [3.8, 4) is 11.1 Å². The maximum Gasteiger partial charge on any atom is 0.321 e. The van der Waals surface area contributed by atoms with Crippen LogP contribution in [0.3, 0.4) is 0 Å². The summed E-state index contributed by atoms with van der Waals surface area (Å²) in [7, 11) is 5.84. The van der Waals surface area contributed by atoms with Gasteiger partial charge in [-0.25, -0.2) is 4.79 Å². The molecular formula is C37H55N5O5. The van der Waals surface area contributed by atoms with E-state index in [2.05, 4.69) is 42.4 Å². The molecule has 8 atom stereocenters. The summed E-state index contributed by atoms with van der Waals surface area (Å²) in [5.74, 6) is 0.851. The Balaban J connectivity index is 1.26. The van der Waals surface area contributed by atoms with Crippen LogP contribution in [0.25, 0.3) is 11.1 Å². The van der Waals surface area contributed by atoms with Crippen molar-refractivity contribution in [1.29, 1.82) is 0 Å². The van der Waals surface area contributed by atoms with Crippen molar-refractivity contribution in [2.24, 2.45) is 29.1 Å². The Labute approximate surface area is 280 Å². The van der Waals surface area contributed by atoms with Gasteiger partial charge in [0.2, 0.25) is 5.91 Å². The minimum atomic E-state index is -0.841. The van der Waals surface area contributed by atoms with Crippen LogP contribution < -0.4 is 10.6 Å². The predicted molar refractivity (Wildman–Crippen MR) is 184 cm³/mol. The van der Waals surface area contributed by atoms with E-state index in [9.17, 15) is 19.8 Å². The SMILES string of the molecule is CC1[C@@H](NC(=O)C2[C@H]([C@H](C)O)[C@H](CO)ON2Cc2cccc(-c3ccc(NC(=O)N(C)CCCN(C)C)cc3)c2)C[C@@H]2C[C@H]1C2(C)C. The summed E-state index contributed by atoms with van der Waals surface area (Å²) in [6, 6.07) is 15.0. The molecule has 10 heteroatoms. The van der Waals surface area contributed by atoms with Crippen LogP contribution in [0.1, 0.15) is 52.5 Å². The lowest BCUT2D eigenvalue weighted by Crippen LogP contribution is -2.62. The largest absolute Gasteiger partial charge is 0.394 e. The molecular weight excluding hydrogens is 594 g/mol. The van der Waals surface area contributed by atoms with Gasteiger partial charge >= 0.3 is 6.03 Å². The molecule has 1 saturated heterocycles. The third-order valence-corrected chi connectivity index (χ3v) is 11.2. The van der Waals surface area contributed by atoms with E-state index in [0.29, 0.717) is 36.3 Å². The number of hydrogen-bond acceptors (Lipinski definition) is 7. The average molecular weight is 650 g/mol. The fourth-order valence-electron chi connectivity index (χ4n) is 8.20. The number of carbonyl (C=O) groups excluding carboxylic acids is 2. The van der Waals surface area contributed by atoms with Crippen LogP contribution in [0.5, 0.6) is 0 Å². The molecule has 2 unspecified atom stereocenters. The molecule has 3 saturated carbocycles. The van der Waals surface area contributed by atoms with Gasteiger partial charge in [0.25, 0.3) is 0 Å². The molecule has 258 valence electrons. The number of nitrogens with zero attached hydrogens (tertiary/aromatic N) is 3. The number of carbonyl (C=O) groups is 2. The highest BCUT2D eigenvalue weighted by atomic mass is 16.7. The van der Waals surface area contributed by atoms with Gasteiger partial charge in [-0.1, -0.05) is 51.1 Å². The quantitative estimate of drug-likeness (QED) is 0.269. The van der Waals surface area contributed by atoms with Crippen molar-refractivity contribution in [2.45, 2.75) is 77.8 Å². The topological polar surface area (TPSA) is 118 Å². The van der Waals surface area contributed by atoms with E-state index in [-0.39, 0.29) is 24.6 Å². The number of nitrogens with one attached hydrogen (secondary N) is 2. The molecule has 4 N–H and O–H groups in total. The summed E-state index contributed by atoms with van der Waals surface area (Å²) >= 11 is 0. The Kier molecular flexibility index (Phi) is 11.0. The smallest absolute Gasteiger partial charge is 0.321 e. The zero-order valence-corrected chi connectivity index (χ0v) is 29.1. The fraction of sp³-hybridized carbons (Fsp3) is 0.622. The van der Waals surface area contributed by atoms with Gasteiger partial charge < -0.3 is 30.6 Å². The highest BCUT2D eigenvalue weighted by Gasteiger charge is 2.57. The van der Waals surface area contributed by atoms with Gasteiger partial charge in [0.1, 0.15) is 12.1 Å². The molecule has 10 nitrogen and oxygen atoms in total. The normalized spacial score (nSPS) is 28.9.